The van der Waals surface area contributed by atoms with E-state index in [0.717, 1.165) is 5.69 Å². The van der Waals surface area contributed by atoms with Gasteiger partial charge in [0, 0.05) is 19.7 Å². The molecule has 0 heterocycles. The molecule has 5 heteroatoms. The third-order valence-electron chi connectivity index (χ3n) is 1.52. The van der Waals surface area contributed by atoms with Gasteiger partial charge in [0.25, 0.3) is 0 Å². The highest BCUT2D eigenvalue weighted by Crippen LogP contribution is 2.13. The summed E-state index contributed by atoms with van der Waals surface area (Å²) in [4.78, 5) is 0. The molecule has 0 aromatic heterocycles. The van der Waals surface area contributed by atoms with Gasteiger partial charge in [0.2, 0.25) is 0 Å². The zero-order chi connectivity index (χ0) is 10.6. The van der Waals surface area contributed by atoms with Crippen LogP contribution in [-0.2, 0) is 0 Å². The molecule has 1 aromatic carbocycles. The van der Waals surface area contributed by atoms with E-state index in [-0.39, 0.29) is 5.84 Å². The minimum absolute atomic E-state index is 0.0566. The molecule has 5 nitrogen and oxygen atoms in total. The van der Waals surface area contributed by atoms with E-state index in [1.807, 2.05) is 0 Å². The Labute approximate surface area is 82.7 Å². The second kappa shape index (κ2) is 4.36. The molecule has 0 atom stereocenters. The van der Waals surface area contributed by atoms with Crippen LogP contribution in [-0.4, -0.2) is 24.9 Å². The molecule has 0 bridgehead atoms. The molecular formula is C9H13N5. The van der Waals surface area contributed by atoms with Gasteiger partial charge in [-0.15, -0.1) is 5.11 Å². The van der Waals surface area contributed by atoms with Crippen LogP contribution < -0.4 is 5.73 Å². The van der Waals surface area contributed by atoms with E-state index in [1.54, 1.807) is 43.4 Å². The van der Waals surface area contributed by atoms with Crippen LogP contribution in [0.2, 0.25) is 0 Å². The van der Waals surface area contributed by atoms with Crippen molar-refractivity contribution in [3.63, 3.8) is 0 Å². The Balaban J connectivity index is 2.78. The highest BCUT2D eigenvalue weighted by molar-refractivity contribution is 5.95. The highest BCUT2D eigenvalue weighted by Gasteiger charge is 1.95. The van der Waals surface area contributed by atoms with Gasteiger partial charge in [-0.1, -0.05) is 5.22 Å². The SMILES string of the molecule is CN(C)N=Nc1ccc(C(=N)N)cc1. The normalized spacial score (nSPS) is 10.4. The predicted molar refractivity (Wildman–Crippen MR) is 55.7 cm³/mol. The minimum Gasteiger partial charge on any atom is -0.384 e. The second-order valence-corrected chi connectivity index (χ2v) is 3.00. The lowest BCUT2D eigenvalue weighted by Crippen LogP contribution is -2.10. The van der Waals surface area contributed by atoms with Crippen molar-refractivity contribution in [3.05, 3.63) is 29.8 Å². The monoisotopic (exact) mass is 191 g/mol. The molecule has 0 saturated carbocycles. The molecule has 1 rings (SSSR count). The summed E-state index contributed by atoms with van der Waals surface area (Å²) in [5, 5.41) is 16.6. The number of benzene rings is 1. The quantitative estimate of drug-likeness (QED) is 0.329. The van der Waals surface area contributed by atoms with Crippen LogP contribution in [0.4, 0.5) is 5.69 Å². The van der Waals surface area contributed by atoms with E-state index in [0.29, 0.717) is 5.56 Å². The zero-order valence-corrected chi connectivity index (χ0v) is 8.23. The predicted octanol–water partition coefficient (Wildman–Crippen LogP) is 1.53. The summed E-state index contributed by atoms with van der Waals surface area (Å²) in [6.45, 7) is 0. The van der Waals surface area contributed by atoms with Crippen molar-refractivity contribution in [1.29, 1.82) is 5.41 Å². The number of nitrogens with two attached hydrogens (primary N) is 1. The third kappa shape index (κ3) is 2.85. The van der Waals surface area contributed by atoms with Crippen molar-refractivity contribution in [2.24, 2.45) is 16.1 Å². The van der Waals surface area contributed by atoms with E-state index in [9.17, 15) is 0 Å². The second-order valence-electron chi connectivity index (χ2n) is 3.00. The molecule has 0 amide bonds. The van der Waals surface area contributed by atoms with Crippen LogP contribution in [0, 0.1) is 5.41 Å². The summed E-state index contributed by atoms with van der Waals surface area (Å²) < 4.78 is 0. The summed E-state index contributed by atoms with van der Waals surface area (Å²) in [6.07, 6.45) is 0. The Morgan fingerprint density at radius 3 is 2.29 bits per heavy atom. The van der Waals surface area contributed by atoms with E-state index in [1.165, 1.54) is 0 Å². The first-order chi connectivity index (χ1) is 6.59. The molecule has 14 heavy (non-hydrogen) atoms. The number of nitrogens with zero attached hydrogens (tertiary/aromatic N) is 3. The fraction of sp³-hybridized carbons (Fsp3) is 0.222. The number of hydrogen-bond donors (Lipinski definition) is 2. The smallest absolute Gasteiger partial charge is 0.122 e. The highest BCUT2D eigenvalue weighted by atomic mass is 15.5. The van der Waals surface area contributed by atoms with E-state index in [2.05, 4.69) is 10.3 Å². The lowest BCUT2D eigenvalue weighted by Gasteiger charge is -2.01. The molecule has 0 aliphatic carbocycles. The fourth-order valence-corrected chi connectivity index (χ4v) is 0.849. The van der Waals surface area contributed by atoms with Crippen LogP contribution >= 0.6 is 0 Å². The minimum atomic E-state index is 0.0566. The van der Waals surface area contributed by atoms with Crippen molar-refractivity contribution in [3.8, 4) is 0 Å². The first-order valence-corrected chi connectivity index (χ1v) is 4.13. The molecule has 0 saturated heterocycles. The lowest BCUT2D eigenvalue weighted by molar-refractivity contribution is 0.408. The zero-order valence-electron chi connectivity index (χ0n) is 8.23. The molecule has 0 radical (unpaired) electrons. The average molecular weight is 191 g/mol. The molecule has 1 aromatic rings. The third-order valence-corrected chi connectivity index (χ3v) is 1.52. The van der Waals surface area contributed by atoms with Crippen molar-refractivity contribution < 1.29 is 0 Å². The maximum atomic E-state index is 7.19. The molecule has 3 N–H and O–H groups in total. The van der Waals surface area contributed by atoms with Crippen molar-refractivity contribution in [1.82, 2.24) is 5.01 Å². The summed E-state index contributed by atoms with van der Waals surface area (Å²) in [7, 11) is 3.60. The molecule has 0 aliphatic rings. The van der Waals surface area contributed by atoms with Crippen LogP contribution in [0.15, 0.2) is 34.6 Å². The Morgan fingerprint density at radius 2 is 1.86 bits per heavy atom. The number of rotatable bonds is 3. The number of nitrogen functional groups attached to an aromatic ring is 1. The summed E-state index contributed by atoms with van der Waals surface area (Å²) >= 11 is 0. The fourth-order valence-electron chi connectivity index (χ4n) is 0.849. The van der Waals surface area contributed by atoms with E-state index in [4.69, 9.17) is 11.1 Å². The summed E-state index contributed by atoms with van der Waals surface area (Å²) in [5.41, 5.74) is 6.74. The number of hydrogen-bond acceptors (Lipinski definition) is 3. The molecule has 0 spiro atoms. The number of nitrogens with one attached hydrogen (secondary N) is 1. The van der Waals surface area contributed by atoms with Crippen molar-refractivity contribution in [2.45, 2.75) is 0 Å². The van der Waals surface area contributed by atoms with Gasteiger partial charge in [-0.3, -0.25) is 10.4 Å². The molecule has 0 unspecified atom stereocenters. The van der Waals surface area contributed by atoms with Gasteiger partial charge in [0.05, 0.1) is 5.69 Å². The maximum Gasteiger partial charge on any atom is 0.122 e. The number of amidine groups is 1. The van der Waals surface area contributed by atoms with Gasteiger partial charge >= 0.3 is 0 Å². The van der Waals surface area contributed by atoms with Crippen LogP contribution in [0.25, 0.3) is 0 Å². The maximum absolute atomic E-state index is 7.19. The van der Waals surface area contributed by atoms with Crippen molar-refractivity contribution >= 4 is 11.5 Å². The van der Waals surface area contributed by atoms with Gasteiger partial charge in [-0.25, -0.2) is 0 Å². The van der Waals surface area contributed by atoms with Crippen molar-refractivity contribution in [2.75, 3.05) is 14.1 Å². The first kappa shape index (κ1) is 10.2. The van der Waals surface area contributed by atoms with Crippen LogP contribution in [0.5, 0.6) is 0 Å². The first-order valence-electron chi connectivity index (χ1n) is 4.13. The Morgan fingerprint density at radius 1 is 1.29 bits per heavy atom. The molecule has 74 valence electrons. The standard InChI is InChI=1S/C9H13N5/c1-14(2)13-12-8-5-3-7(4-6-8)9(10)11/h3-6H,1-2H3,(H3,10,11). The van der Waals surface area contributed by atoms with Gasteiger partial charge in [0.1, 0.15) is 5.84 Å². The molecular weight excluding hydrogens is 178 g/mol. The van der Waals surface area contributed by atoms with Crippen LogP contribution in [0.3, 0.4) is 0 Å². The Kier molecular flexibility index (Phi) is 3.17. The summed E-state index contributed by atoms with van der Waals surface area (Å²) in [5.74, 6) is 0.0566. The Hall–Kier alpha value is -1.91. The van der Waals surface area contributed by atoms with Crippen LogP contribution in [0.1, 0.15) is 5.56 Å². The topological polar surface area (TPSA) is 77.8 Å². The van der Waals surface area contributed by atoms with Gasteiger partial charge in [-0.05, 0) is 24.3 Å². The average Bonchev–Trinajstić information content (AvgIpc) is 2.15. The Bertz CT molecular complexity index is 339. The van der Waals surface area contributed by atoms with Gasteiger partial charge in [-0.2, -0.15) is 0 Å². The van der Waals surface area contributed by atoms with E-state index < -0.39 is 0 Å². The molecule has 0 aliphatic heterocycles. The van der Waals surface area contributed by atoms with Gasteiger partial charge < -0.3 is 5.73 Å². The largest absolute Gasteiger partial charge is 0.384 e. The summed E-state index contributed by atoms with van der Waals surface area (Å²) in [6, 6.07) is 7.02. The lowest BCUT2D eigenvalue weighted by atomic mass is 10.2. The van der Waals surface area contributed by atoms with E-state index >= 15 is 0 Å². The van der Waals surface area contributed by atoms with Gasteiger partial charge in [0.15, 0.2) is 0 Å². The molecule has 0 fully saturated rings.